The summed E-state index contributed by atoms with van der Waals surface area (Å²) in [5.41, 5.74) is 3.42. The van der Waals surface area contributed by atoms with Gasteiger partial charge in [0.2, 0.25) is 11.8 Å². The number of imide groups is 1. The maximum Gasteiger partial charge on any atom is 0.261 e. The SMILES string of the molecule is Cc1ccc2c(c1)C(=O)N(CCC(=O)NCc1cccc(N3CCCC3=O)c1)C2=O. The maximum absolute atomic E-state index is 12.5. The summed E-state index contributed by atoms with van der Waals surface area (Å²) in [5, 5.41) is 2.82. The third-order valence-electron chi connectivity index (χ3n) is 5.47. The zero-order chi connectivity index (χ0) is 21.3. The van der Waals surface area contributed by atoms with Gasteiger partial charge in [0.05, 0.1) is 11.1 Å². The van der Waals surface area contributed by atoms with E-state index < -0.39 is 0 Å². The molecule has 2 aliphatic heterocycles. The Morgan fingerprint density at radius 1 is 1.03 bits per heavy atom. The minimum absolute atomic E-state index is 0.0365. The molecule has 1 N–H and O–H groups in total. The number of hydrogen-bond donors (Lipinski definition) is 1. The average molecular weight is 405 g/mol. The highest BCUT2D eigenvalue weighted by atomic mass is 16.2. The summed E-state index contributed by atoms with van der Waals surface area (Å²) >= 11 is 0. The molecule has 2 aliphatic rings. The second kappa shape index (κ2) is 8.10. The molecule has 0 aliphatic carbocycles. The summed E-state index contributed by atoms with van der Waals surface area (Å²) in [4.78, 5) is 52.0. The van der Waals surface area contributed by atoms with Crippen LogP contribution in [0, 0.1) is 6.92 Å². The molecule has 4 rings (SSSR count). The number of carbonyl (C=O) groups is 4. The minimum Gasteiger partial charge on any atom is -0.352 e. The van der Waals surface area contributed by atoms with Crippen LogP contribution in [0.3, 0.4) is 0 Å². The highest BCUT2D eigenvalue weighted by Gasteiger charge is 2.35. The molecule has 0 bridgehead atoms. The van der Waals surface area contributed by atoms with Gasteiger partial charge in [0.1, 0.15) is 0 Å². The predicted octanol–water partition coefficient (Wildman–Crippen LogP) is 2.42. The molecule has 2 heterocycles. The van der Waals surface area contributed by atoms with Gasteiger partial charge in [0.25, 0.3) is 11.8 Å². The van der Waals surface area contributed by atoms with Crippen LogP contribution in [0.1, 0.15) is 51.1 Å². The fourth-order valence-electron chi connectivity index (χ4n) is 3.87. The first-order valence-electron chi connectivity index (χ1n) is 10.1. The van der Waals surface area contributed by atoms with Gasteiger partial charge in [-0.3, -0.25) is 24.1 Å². The lowest BCUT2D eigenvalue weighted by Gasteiger charge is -2.17. The number of anilines is 1. The van der Waals surface area contributed by atoms with Crippen molar-refractivity contribution in [3.63, 3.8) is 0 Å². The van der Waals surface area contributed by atoms with E-state index >= 15 is 0 Å². The fraction of sp³-hybridized carbons (Fsp3) is 0.304. The lowest BCUT2D eigenvalue weighted by atomic mass is 10.1. The lowest BCUT2D eigenvalue weighted by Crippen LogP contribution is -2.34. The number of hydrogen-bond acceptors (Lipinski definition) is 4. The second-order valence-corrected chi connectivity index (χ2v) is 7.66. The largest absolute Gasteiger partial charge is 0.352 e. The summed E-state index contributed by atoms with van der Waals surface area (Å²) in [7, 11) is 0. The summed E-state index contributed by atoms with van der Waals surface area (Å²) in [6.45, 7) is 2.94. The first-order valence-corrected chi connectivity index (χ1v) is 10.1. The molecule has 0 saturated carbocycles. The number of benzene rings is 2. The van der Waals surface area contributed by atoms with Crippen LogP contribution in [0.2, 0.25) is 0 Å². The number of nitrogens with zero attached hydrogens (tertiary/aromatic N) is 2. The monoisotopic (exact) mass is 405 g/mol. The molecule has 2 aromatic carbocycles. The van der Waals surface area contributed by atoms with Crippen molar-refractivity contribution in [2.24, 2.45) is 0 Å². The Balaban J connectivity index is 1.31. The summed E-state index contributed by atoms with van der Waals surface area (Å²) in [6, 6.07) is 12.7. The summed E-state index contributed by atoms with van der Waals surface area (Å²) in [5.74, 6) is -0.835. The Hall–Kier alpha value is -3.48. The van der Waals surface area contributed by atoms with Crippen molar-refractivity contribution in [3.05, 3.63) is 64.7 Å². The number of aryl methyl sites for hydroxylation is 1. The molecule has 1 fully saturated rings. The molecule has 0 radical (unpaired) electrons. The van der Waals surface area contributed by atoms with Crippen molar-refractivity contribution >= 4 is 29.3 Å². The van der Waals surface area contributed by atoms with Crippen LogP contribution in [0.4, 0.5) is 5.69 Å². The number of rotatable bonds is 6. The second-order valence-electron chi connectivity index (χ2n) is 7.66. The van der Waals surface area contributed by atoms with Gasteiger partial charge in [-0.25, -0.2) is 0 Å². The molecule has 2 aromatic rings. The van der Waals surface area contributed by atoms with Crippen LogP contribution in [0.15, 0.2) is 42.5 Å². The zero-order valence-corrected chi connectivity index (χ0v) is 16.8. The van der Waals surface area contributed by atoms with Gasteiger partial charge in [-0.05, 0) is 43.2 Å². The number of nitrogens with one attached hydrogen (secondary N) is 1. The van der Waals surface area contributed by atoms with E-state index in [4.69, 9.17) is 0 Å². The van der Waals surface area contributed by atoms with Crippen LogP contribution in [0.5, 0.6) is 0 Å². The highest BCUT2D eigenvalue weighted by molar-refractivity contribution is 6.21. The van der Waals surface area contributed by atoms with E-state index in [2.05, 4.69) is 5.32 Å². The lowest BCUT2D eigenvalue weighted by molar-refractivity contribution is -0.121. The standard InChI is InChI=1S/C23H23N3O4/c1-15-7-8-18-19(12-15)23(30)26(22(18)29)11-9-20(27)24-14-16-4-2-5-17(13-16)25-10-3-6-21(25)28/h2,4-5,7-8,12-13H,3,6,9-11,14H2,1H3,(H,24,27). The van der Waals surface area contributed by atoms with Crippen LogP contribution in [-0.2, 0) is 16.1 Å². The van der Waals surface area contributed by atoms with E-state index in [9.17, 15) is 19.2 Å². The van der Waals surface area contributed by atoms with Crippen molar-refractivity contribution in [1.29, 1.82) is 0 Å². The molecule has 0 spiro atoms. The van der Waals surface area contributed by atoms with Crippen LogP contribution in [0.25, 0.3) is 0 Å². The molecule has 0 atom stereocenters. The van der Waals surface area contributed by atoms with Gasteiger partial charge < -0.3 is 10.2 Å². The van der Waals surface area contributed by atoms with E-state index in [0.717, 1.165) is 28.1 Å². The number of carbonyl (C=O) groups excluding carboxylic acids is 4. The van der Waals surface area contributed by atoms with Crippen molar-refractivity contribution in [1.82, 2.24) is 10.2 Å². The third-order valence-corrected chi connectivity index (χ3v) is 5.47. The van der Waals surface area contributed by atoms with E-state index in [-0.39, 0.29) is 36.6 Å². The summed E-state index contributed by atoms with van der Waals surface area (Å²) < 4.78 is 0. The van der Waals surface area contributed by atoms with Crippen LogP contribution >= 0.6 is 0 Å². The highest BCUT2D eigenvalue weighted by Crippen LogP contribution is 2.24. The summed E-state index contributed by atoms with van der Waals surface area (Å²) in [6.07, 6.45) is 1.46. The Morgan fingerprint density at radius 2 is 1.83 bits per heavy atom. The molecule has 0 unspecified atom stereocenters. The molecular formula is C23H23N3O4. The zero-order valence-electron chi connectivity index (χ0n) is 16.8. The molecule has 0 aromatic heterocycles. The maximum atomic E-state index is 12.5. The molecule has 154 valence electrons. The molecule has 4 amide bonds. The van der Waals surface area contributed by atoms with Gasteiger partial charge in [-0.15, -0.1) is 0 Å². The van der Waals surface area contributed by atoms with Crippen LogP contribution < -0.4 is 10.2 Å². The molecule has 1 saturated heterocycles. The number of fused-ring (bicyclic) bond motifs is 1. The molecule has 7 nitrogen and oxygen atoms in total. The van der Waals surface area contributed by atoms with Gasteiger partial charge in [-0.2, -0.15) is 0 Å². The van der Waals surface area contributed by atoms with Crippen molar-refractivity contribution in [3.8, 4) is 0 Å². The topological polar surface area (TPSA) is 86.8 Å². The predicted molar refractivity (Wildman–Crippen MR) is 111 cm³/mol. The van der Waals surface area contributed by atoms with Crippen molar-refractivity contribution in [2.45, 2.75) is 32.7 Å². The van der Waals surface area contributed by atoms with Crippen LogP contribution in [-0.4, -0.2) is 41.6 Å². The molecule has 30 heavy (non-hydrogen) atoms. The van der Waals surface area contributed by atoms with E-state index in [0.29, 0.717) is 30.6 Å². The van der Waals surface area contributed by atoms with E-state index in [1.807, 2.05) is 31.2 Å². The Bertz CT molecular complexity index is 1050. The normalized spacial score (nSPS) is 15.7. The first kappa shape index (κ1) is 19.8. The molecule has 7 heteroatoms. The quantitative estimate of drug-likeness (QED) is 0.748. The Labute approximate surface area is 174 Å². The van der Waals surface area contributed by atoms with Crippen molar-refractivity contribution in [2.75, 3.05) is 18.0 Å². The third kappa shape index (κ3) is 3.83. The Kier molecular flexibility index (Phi) is 5.35. The van der Waals surface area contributed by atoms with Gasteiger partial charge >= 0.3 is 0 Å². The Morgan fingerprint density at radius 3 is 2.60 bits per heavy atom. The average Bonchev–Trinajstić information content (AvgIpc) is 3.26. The smallest absolute Gasteiger partial charge is 0.261 e. The van der Waals surface area contributed by atoms with Gasteiger partial charge in [0, 0.05) is 38.2 Å². The first-order chi connectivity index (χ1) is 14.4. The van der Waals surface area contributed by atoms with Gasteiger partial charge in [-0.1, -0.05) is 23.8 Å². The van der Waals surface area contributed by atoms with Gasteiger partial charge in [0.15, 0.2) is 0 Å². The fourth-order valence-corrected chi connectivity index (χ4v) is 3.87. The molecular weight excluding hydrogens is 382 g/mol. The van der Waals surface area contributed by atoms with Crippen molar-refractivity contribution < 1.29 is 19.2 Å². The minimum atomic E-state index is -0.356. The van der Waals surface area contributed by atoms with E-state index in [1.54, 1.807) is 23.1 Å². The van der Waals surface area contributed by atoms with E-state index in [1.165, 1.54) is 0 Å². The number of amides is 4.